The number of unbranched alkanes of at least 4 members (excludes halogenated alkanes) is 2. The molecule has 2 N–H and O–H groups in total. The number of aliphatic hydroxyl groups is 1. The summed E-state index contributed by atoms with van der Waals surface area (Å²) < 4.78 is 5.45. The van der Waals surface area contributed by atoms with E-state index in [1.807, 2.05) is 0 Å². The summed E-state index contributed by atoms with van der Waals surface area (Å²) in [5.74, 6) is 3.10. The van der Waals surface area contributed by atoms with Gasteiger partial charge in [0.1, 0.15) is 24.5 Å². The second-order valence-corrected chi connectivity index (χ2v) is 4.44. The number of nitrogens with one attached hydrogen (secondary N) is 1. The fourth-order valence-corrected chi connectivity index (χ4v) is 1.68. The molecule has 0 aliphatic rings. The monoisotopic (exact) mass is 272 g/mol. The van der Waals surface area contributed by atoms with Crippen LogP contribution in [0.25, 0.3) is 0 Å². The number of hydrogen-bond acceptors (Lipinski definition) is 4. The Morgan fingerprint density at radius 3 is 2.90 bits per heavy atom. The average Bonchev–Trinajstić information content (AvgIpc) is 2.49. The summed E-state index contributed by atoms with van der Waals surface area (Å²) in [6.45, 7) is 1.45. The summed E-state index contributed by atoms with van der Waals surface area (Å²) in [6.07, 6.45) is 7.33. The van der Waals surface area contributed by atoms with Crippen LogP contribution < -0.4 is 10.1 Å². The number of terminal acetylenes is 1. The van der Waals surface area contributed by atoms with Gasteiger partial charge in [-0.1, -0.05) is 12.1 Å². The summed E-state index contributed by atoms with van der Waals surface area (Å²) in [7, 11) is 0. The average molecular weight is 272 g/mol. The van der Waals surface area contributed by atoms with Gasteiger partial charge in [-0.2, -0.15) is 5.26 Å². The van der Waals surface area contributed by atoms with Gasteiger partial charge in [0.25, 0.3) is 0 Å². The van der Waals surface area contributed by atoms with E-state index in [4.69, 9.17) is 16.4 Å². The van der Waals surface area contributed by atoms with Crippen molar-refractivity contribution in [2.24, 2.45) is 0 Å². The lowest BCUT2D eigenvalue weighted by Gasteiger charge is -2.13. The third-order valence-corrected chi connectivity index (χ3v) is 2.74. The number of nitriles is 1. The molecule has 0 amide bonds. The molecule has 0 saturated heterocycles. The third kappa shape index (κ3) is 6.24. The molecule has 0 saturated carbocycles. The minimum absolute atomic E-state index is 0.163. The first-order valence-corrected chi connectivity index (χ1v) is 6.72. The lowest BCUT2D eigenvalue weighted by molar-refractivity contribution is 0.106. The van der Waals surface area contributed by atoms with Crippen LogP contribution in [0.15, 0.2) is 24.3 Å². The maximum Gasteiger partial charge on any atom is 0.137 e. The van der Waals surface area contributed by atoms with Crippen molar-refractivity contribution in [3.05, 3.63) is 29.8 Å². The minimum atomic E-state index is -0.602. The Bertz CT molecular complexity index is 474. The zero-order valence-electron chi connectivity index (χ0n) is 11.5. The minimum Gasteiger partial charge on any atom is -0.489 e. The standard InChI is InChI=1S/C16H20N2O2/c1-2-3-4-7-10-18-12-15(19)13-20-16-9-6-5-8-14(16)11-17/h1,5-6,8-9,15,18-19H,3-4,7,10,12-13H2. The summed E-state index contributed by atoms with van der Waals surface area (Å²) >= 11 is 0. The number of nitrogens with zero attached hydrogens (tertiary/aromatic N) is 1. The first-order valence-electron chi connectivity index (χ1n) is 6.72. The highest BCUT2D eigenvalue weighted by Crippen LogP contribution is 2.16. The molecule has 106 valence electrons. The molecule has 20 heavy (non-hydrogen) atoms. The van der Waals surface area contributed by atoms with Gasteiger partial charge in [0.15, 0.2) is 0 Å². The molecule has 1 aromatic rings. The van der Waals surface area contributed by atoms with E-state index in [1.165, 1.54) is 0 Å². The fourth-order valence-electron chi connectivity index (χ4n) is 1.68. The SMILES string of the molecule is C#CCCCCNCC(O)COc1ccccc1C#N. The van der Waals surface area contributed by atoms with Crippen LogP contribution in [0.3, 0.4) is 0 Å². The molecule has 1 aromatic carbocycles. The molecule has 0 aliphatic carbocycles. The fraction of sp³-hybridized carbons (Fsp3) is 0.438. The van der Waals surface area contributed by atoms with Crippen molar-refractivity contribution >= 4 is 0 Å². The number of aliphatic hydroxyl groups excluding tert-OH is 1. The summed E-state index contributed by atoms with van der Waals surface area (Å²) in [5.41, 5.74) is 0.474. The van der Waals surface area contributed by atoms with E-state index in [-0.39, 0.29) is 6.61 Å². The van der Waals surface area contributed by atoms with Crippen molar-refractivity contribution in [2.45, 2.75) is 25.4 Å². The Balaban J connectivity index is 2.18. The third-order valence-electron chi connectivity index (χ3n) is 2.74. The molecule has 0 aromatic heterocycles. The van der Waals surface area contributed by atoms with Crippen LogP contribution >= 0.6 is 0 Å². The zero-order chi connectivity index (χ0) is 14.6. The van der Waals surface area contributed by atoms with Crippen molar-refractivity contribution in [1.82, 2.24) is 5.32 Å². The van der Waals surface area contributed by atoms with Gasteiger partial charge in [-0.05, 0) is 31.5 Å². The van der Waals surface area contributed by atoms with Gasteiger partial charge in [0.05, 0.1) is 5.56 Å². The van der Waals surface area contributed by atoms with E-state index in [2.05, 4.69) is 17.3 Å². The van der Waals surface area contributed by atoms with Gasteiger partial charge in [0.2, 0.25) is 0 Å². The van der Waals surface area contributed by atoms with Gasteiger partial charge < -0.3 is 15.2 Å². The Morgan fingerprint density at radius 1 is 1.35 bits per heavy atom. The Kier molecular flexibility index (Phi) is 7.91. The van der Waals surface area contributed by atoms with Crippen LogP contribution in [-0.2, 0) is 0 Å². The molecule has 0 aliphatic heterocycles. The number of benzene rings is 1. The molecular weight excluding hydrogens is 252 g/mol. The van der Waals surface area contributed by atoms with E-state index in [1.54, 1.807) is 24.3 Å². The van der Waals surface area contributed by atoms with E-state index >= 15 is 0 Å². The lowest BCUT2D eigenvalue weighted by Crippen LogP contribution is -2.32. The van der Waals surface area contributed by atoms with Crippen LogP contribution in [0.2, 0.25) is 0 Å². The molecule has 4 nitrogen and oxygen atoms in total. The van der Waals surface area contributed by atoms with Crippen molar-refractivity contribution in [3.63, 3.8) is 0 Å². The number of para-hydroxylation sites is 1. The Hall–Kier alpha value is -2.01. The van der Waals surface area contributed by atoms with Crippen molar-refractivity contribution in [2.75, 3.05) is 19.7 Å². The number of ether oxygens (including phenoxy) is 1. The normalized spacial score (nSPS) is 11.3. The Labute approximate surface area is 120 Å². The Morgan fingerprint density at radius 2 is 2.15 bits per heavy atom. The topological polar surface area (TPSA) is 65.3 Å². The first-order chi connectivity index (χ1) is 9.77. The highest BCUT2D eigenvalue weighted by atomic mass is 16.5. The van der Waals surface area contributed by atoms with Gasteiger partial charge in [-0.15, -0.1) is 12.3 Å². The number of rotatable bonds is 9. The molecule has 1 rings (SSSR count). The maximum absolute atomic E-state index is 9.77. The molecule has 4 heteroatoms. The van der Waals surface area contributed by atoms with Gasteiger partial charge in [0, 0.05) is 13.0 Å². The lowest BCUT2D eigenvalue weighted by atomic mass is 10.2. The molecule has 0 bridgehead atoms. The maximum atomic E-state index is 9.77. The van der Waals surface area contributed by atoms with Crippen molar-refractivity contribution in [3.8, 4) is 24.2 Å². The highest BCUT2D eigenvalue weighted by Gasteiger charge is 2.07. The predicted octanol–water partition coefficient (Wildman–Crippen LogP) is 1.69. The molecule has 1 atom stereocenters. The van der Waals surface area contributed by atoms with E-state index < -0.39 is 6.10 Å². The molecule has 1 unspecified atom stereocenters. The van der Waals surface area contributed by atoms with Crippen molar-refractivity contribution in [1.29, 1.82) is 5.26 Å². The van der Waals surface area contributed by atoms with E-state index in [0.29, 0.717) is 17.9 Å². The largest absolute Gasteiger partial charge is 0.489 e. The molecule has 0 radical (unpaired) electrons. The molecule has 0 spiro atoms. The molecule has 0 heterocycles. The van der Waals surface area contributed by atoms with Crippen LogP contribution in [0.4, 0.5) is 0 Å². The second-order valence-electron chi connectivity index (χ2n) is 4.44. The van der Waals surface area contributed by atoms with Crippen molar-refractivity contribution < 1.29 is 9.84 Å². The number of hydrogen-bond donors (Lipinski definition) is 2. The van der Waals surface area contributed by atoms with E-state index in [0.717, 1.165) is 25.8 Å². The molecular formula is C16H20N2O2. The quantitative estimate of drug-likeness (QED) is 0.530. The predicted molar refractivity (Wildman–Crippen MR) is 78.2 cm³/mol. The van der Waals surface area contributed by atoms with Gasteiger partial charge in [-0.25, -0.2) is 0 Å². The van der Waals surface area contributed by atoms with Crippen LogP contribution in [-0.4, -0.2) is 30.9 Å². The molecule has 0 fully saturated rings. The zero-order valence-corrected chi connectivity index (χ0v) is 11.5. The highest BCUT2D eigenvalue weighted by molar-refractivity contribution is 5.42. The first kappa shape index (κ1) is 16.0. The van der Waals surface area contributed by atoms with Crippen LogP contribution in [0, 0.1) is 23.7 Å². The van der Waals surface area contributed by atoms with Gasteiger partial charge in [-0.3, -0.25) is 0 Å². The summed E-state index contributed by atoms with van der Waals surface area (Å²) in [6, 6.07) is 9.03. The van der Waals surface area contributed by atoms with Crippen LogP contribution in [0.5, 0.6) is 5.75 Å². The summed E-state index contributed by atoms with van der Waals surface area (Å²) in [5, 5.41) is 21.8. The smallest absolute Gasteiger partial charge is 0.137 e. The second kappa shape index (κ2) is 9.86. The van der Waals surface area contributed by atoms with Gasteiger partial charge >= 0.3 is 0 Å². The van der Waals surface area contributed by atoms with E-state index in [9.17, 15) is 5.11 Å². The van der Waals surface area contributed by atoms with Crippen LogP contribution in [0.1, 0.15) is 24.8 Å². The summed E-state index contributed by atoms with van der Waals surface area (Å²) in [4.78, 5) is 0.